The molecule has 0 aromatic heterocycles. The Bertz CT molecular complexity index is 859. The molecule has 1 saturated heterocycles. The lowest BCUT2D eigenvalue weighted by Gasteiger charge is -2.28. The summed E-state index contributed by atoms with van der Waals surface area (Å²) in [6, 6.07) is 24.0. The lowest BCUT2D eigenvalue weighted by atomic mass is 9.95. The highest BCUT2D eigenvalue weighted by atomic mass is 16.7. The highest BCUT2D eigenvalue weighted by molar-refractivity contribution is 5.39. The van der Waals surface area contributed by atoms with Crippen molar-refractivity contribution in [2.24, 2.45) is 0 Å². The molecular formula is C23H22O3. The van der Waals surface area contributed by atoms with Crippen LogP contribution >= 0.6 is 0 Å². The Labute approximate surface area is 153 Å². The summed E-state index contributed by atoms with van der Waals surface area (Å²) in [4.78, 5) is 0. The number of aromatic hydroxyl groups is 1. The second-order valence-electron chi connectivity index (χ2n) is 6.72. The lowest BCUT2D eigenvalue weighted by molar-refractivity contribution is -0.129. The summed E-state index contributed by atoms with van der Waals surface area (Å²) >= 11 is 0. The molecule has 1 aliphatic heterocycles. The van der Waals surface area contributed by atoms with E-state index in [4.69, 9.17) is 9.47 Å². The van der Waals surface area contributed by atoms with E-state index in [9.17, 15) is 5.11 Å². The lowest BCUT2D eigenvalue weighted by Crippen LogP contribution is -2.28. The quantitative estimate of drug-likeness (QED) is 0.754. The average Bonchev–Trinajstić information content (AvgIpc) is 3.16. The van der Waals surface area contributed by atoms with Crippen LogP contribution in [0.2, 0.25) is 0 Å². The van der Waals surface area contributed by atoms with Gasteiger partial charge in [-0.15, -0.1) is 0 Å². The predicted molar refractivity (Wildman–Crippen MR) is 101 cm³/mol. The van der Waals surface area contributed by atoms with E-state index in [1.807, 2.05) is 12.1 Å². The zero-order chi connectivity index (χ0) is 18.0. The molecule has 1 N–H and O–H groups in total. The maximum atomic E-state index is 9.57. The molecule has 1 heterocycles. The van der Waals surface area contributed by atoms with E-state index in [1.54, 1.807) is 12.1 Å². The maximum absolute atomic E-state index is 9.57. The molecule has 3 nitrogen and oxygen atoms in total. The Morgan fingerprint density at radius 1 is 0.731 bits per heavy atom. The first kappa shape index (κ1) is 16.8. The molecule has 0 bridgehead atoms. The Morgan fingerprint density at radius 2 is 1.19 bits per heavy atom. The first-order valence-corrected chi connectivity index (χ1v) is 8.88. The fourth-order valence-electron chi connectivity index (χ4n) is 3.38. The standard InChI is InChI=1S/C23H22O3/c1-17-2-4-18(5-3-17)16-19-6-8-20(9-7-19)23(25-14-15-26-23)21-10-12-22(24)13-11-21/h2-13,24H,14-16H2,1H3. The molecule has 3 aromatic carbocycles. The van der Waals surface area contributed by atoms with Crippen molar-refractivity contribution < 1.29 is 14.6 Å². The summed E-state index contributed by atoms with van der Waals surface area (Å²) < 4.78 is 12.0. The van der Waals surface area contributed by atoms with Gasteiger partial charge in [0.2, 0.25) is 5.79 Å². The van der Waals surface area contributed by atoms with Crippen molar-refractivity contribution in [2.75, 3.05) is 13.2 Å². The summed E-state index contributed by atoms with van der Waals surface area (Å²) in [7, 11) is 0. The zero-order valence-corrected chi connectivity index (χ0v) is 14.8. The Morgan fingerprint density at radius 3 is 1.73 bits per heavy atom. The van der Waals surface area contributed by atoms with Gasteiger partial charge in [-0.25, -0.2) is 0 Å². The number of benzene rings is 3. The molecule has 3 aromatic rings. The molecule has 1 fully saturated rings. The Hall–Kier alpha value is -2.62. The number of hydrogen-bond donors (Lipinski definition) is 1. The third-order valence-corrected chi connectivity index (χ3v) is 4.80. The minimum absolute atomic E-state index is 0.232. The number of ether oxygens (including phenoxy) is 2. The fourth-order valence-corrected chi connectivity index (χ4v) is 3.38. The van der Waals surface area contributed by atoms with Crippen LogP contribution in [-0.4, -0.2) is 18.3 Å². The van der Waals surface area contributed by atoms with Crippen LogP contribution in [-0.2, 0) is 21.7 Å². The SMILES string of the molecule is Cc1ccc(Cc2ccc(C3(c4ccc(O)cc4)OCCO3)cc2)cc1. The third-order valence-electron chi connectivity index (χ3n) is 4.80. The number of rotatable bonds is 4. The molecule has 0 atom stereocenters. The van der Waals surface area contributed by atoms with Gasteiger partial charge < -0.3 is 14.6 Å². The van der Waals surface area contributed by atoms with Crippen molar-refractivity contribution in [3.63, 3.8) is 0 Å². The van der Waals surface area contributed by atoms with Gasteiger partial charge in [0.15, 0.2) is 0 Å². The monoisotopic (exact) mass is 346 g/mol. The van der Waals surface area contributed by atoms with Crippen LogP contribution in [0.5, 0.6) is 5.75 Å². The molecule has 0 unspecified atom stereocenters. The summed E-state index contributed by atoms with van der Waals surface area (Å²) in [5.41, 5.74) is 5.67. The summed E-state index contributed by atoms with van der Waals surface area (Å²) in [6.45, 7) is 3.20. The van der Waals surface area contributed by atoms with Crippen LogP contribution in [0.15, 0.2) is 72.8 Å². The summed E-state index contributed by atoms with van der Waals surface area (Å²) in [6.07, 6.45) is 0.897. The number of hydrogen-bond acceptors (Lipinski definition) is 3. The van der Waals surface area contributed by atoms with Crippen LogP contribution in [0, 0.1) is 6.92 Å². The van der Waals surface area contributed by atoms with E-state index in [0.29, 0.717) is 13.2 Å². The van der Waals surface area contributed by atoms with E-state index < -0.39 is 5.79 Å². The van der Waals surface area contributed by atoms with Crippen molar-refractivity contribution in [3.8, 4) is 5.75 Å². The number of phenols is 1. The van der Waals surface area contributed by atoms with Crippen LogP contribution in [0.25, 0.3) is 0 Å². The molecule has 0 radical (unpaired) electrons. The van der Waals surface area contributed by atoms with Gasteiger partial charge in [0.1, 0.15) is 5.75 Å². The second-order valence-corrected chi connectivity index (χ2v) is 6.72. The van der Waals surface area contributed by atoms with Gasteiger partial charge in [0.25, 0.3) is 0 Å². The van der Waals surface area contributed by atoms with E-state index in [0.717, 1.165) is 17.5 Å². The van der Waals surface area contributed by atoms with Crippen molar-refractivity contribution >= 4 is 0 Å². The first-order valence-electron chi connectivity index (χ1n) is 8.88. The molecule has 1 aliphatic rings. The van der Waals surface area contributed by atoms with Gasteiger partial charge in [-0.1, -0.05) is 54.1 Å². The largest absolute Gasteiger partial charge is 0.508 e. The normalized spacial score (nSPS) is 15.9. The first-order chi connectivity index (χ1) is 12.7. The molecule has 26 heavy (non-hydrogen) atoms. The van der Waals surface area contributed by atoms with Crippen molar-refractivity contribution in [1.29, 1.82) is 0 Å². The highest BCUT2D eigenvalue weighted by Crippen LogP contribution is 2.39. The second kappa shape index (κ2) is 6.94. The third kappa shape index (κ3) is 3.24. The minimum Gasteiger partial charge on any atom is -0.508 e. The van der Waals surface area contributed by atoms with Crippen LogP contribution in [0.3, 0.4) is 0 Å². The van der Waals surface area contributed by atoms with Crippen molar-refractivity contribution in [2.45, 2.75) is 19.1 Å². The molecule has 4 rings (SSSR count). The molecule has 0 amide bonds. The molecular weight excluding hydrogens is 324 g/mol. The van der Waals surface area contributed by atoms with Crippen LogP contribution in [0.4, 0.5) is 0 Å². The van der Waals surface area contributed by atoms with E-state index in [1.165, 1.54) is 16.7 Å². The van der Waals surface area contributed by atoms with Crippen molar-refractivity contribution in [1.82, 2.24) is 0 Å². The molecule has 132 valence electrons. The molecule has 3 heteroatoms. The van der Waals surface area contributed by atoms with E-state index >= 15 is 0 Å². The summed E-state index contributed by atoms with van der Waals surface area (Å²) in [5, 5.41) is 9.57. The molecule has 0 saturated carbocycles. The highest BCUT2D eigenvalue weighted by Gasteiger charge is 2.40. The van der Waals surface area contributed by atoms with Gasteiger partial charge >= 0.3 is 0 Å². The number of aryl methyl sites for hydroxylation is 1. The van der Waals surface area contributed by atoms with Gasteiger partial charge in [-0.2, -0.15) is 0 Å². The fraction of sp³-hybridized carbons (Fsp3) is 0.217. The Kier molecular flexibility index (Phi) is 4.49. The van der Waals surface area contributed by atoms with Gasteiger partial charge in [0.05, 0.1) is 13.2 Å². The number of phenolic OH excluding ortho intramolecular Hbond substituents is 1. The predicted octanol–water partition coefficient (Wildman–Crippen LogP) is 4.54. The maximum Gasteiger partial charge on any atom is 0.222 e. The smallest absolute Gasteiger partial charge is 0.222 e. The molecule has 0 spiro atoms. The van der Waals surface area contributed by atoms with E-state index in [2.05, 4.69) is 55.5 Å². The van der Waals surface area contributed by atoms with E-state index in [-0.39, 0.29) is 5.75 Å². The van der Waals surface area contributed by atoms with Crippen molar-refractivity contribution in [3.05, 3.63) is 101 Å². The summed E-state index contributed by atoms with van der Waals surface area (Å²) in [5.74, 6) is -0.661. The molecule has 0 aliphatic carbocycles. The Balaban J connectivity index is 1.61. The van der Waals surface area contributed by atoms with Gasteiger partial charge in [0, 0.05) is 11.1 Å². The zero-order valence-electron chi connectivity index (χ0n) is 14.8. The topological polar surface area (TPSA) is 38.7 Å². The average molecular weight is 346 g/mol. The minimum atomic E-state index is -0.893. The van der Waals surface area contributed by atoms with Crippen LogP contribution < -0.4 is 0 Å². The van der Waals surface area contributed by atoms with Gasteiger partial charge in [-0.3, -0.25) is 0 Å². The van der Waals surface area contributed by atoms with Crippen LogP contribution in [0.1, 0.15) is 27.8 Å². The van der Waals surface area contributed by atoms with Gasteiger partial charge in [-0.05, 0) is 48.7 Å².